The molecule has 0 aliphatic rings. The molecule has 0 fully saturated rings. The molecule has 0 unspecified atom stereocenters. The van der Waals surface area contributed by atoms with Gasteiger partial charge in [0, 0.05) is 0 Å². The van der Waals surface area contributed by atoms with Crippen molar-refractivity contribution in [3.63, 3.8) is 0 Å². The topological polar surface area (TPSA) is 152 Å². The van der Waals surface area contributed by atoms with Gasteiger partial charge in [0.25, 0.3) is 0 Å². The van der Waals surface area contributed by atoms with E-state index in [0.29, 0.717) is 0 Å². The second kappa shape index (κ2) is 17.6. The van der Waals surface area contributed by atoms with Crippen molar-refractivity contribution in [2.75, 3.05) is 0 Å². The van der Waals surface area contributed by atoms with E-state index >= 15 is 0 Å². The fraction of sp³-hybridized carbons (Fsp3) is 0.750. The number of hydrogen-bond donors (Lipinski definition) is 6. The zero-order chi connectivity index (χ0) is 12.0. The highest BCUT2D eigenvalue weighted by Gasteiger charge is 1.75. The summed E-state index contributed by atoms with van der Waals surface area (Å²) >= 11 is 0. The molecule has 0 bridgehead atoms. The fourth-order valence-corrected chi connectivity index (χ4v) is 0.500. The van der Waals surface area contributed by atoms with Crippen molar-refractivity contribution in [1.29, 1.82) is 10.8 Å². The second-order valence-electron chi connectivity index (χ2n) is 2.62. The molecule has 0 aromatic rings. The van der Waals surface area contributed by atoms with E-state index in [2.05, 4.69) is 36.8 Å². The lowest BCUT2D eigenvalue weighted by Gasteiger charge is -1.86. The molecule has 10 N–H and O–H groups in total. The first-order valence-electron chi connectivity index (χ1n) is 4.57. The zero-order valence-corrected chi connectivity index (χ0v) is 9.14. The third-order valence-corrected chi connectivity index (χ3v) is 0.957. The Morgan fingerprint density at radius 2 is 0.929 bits per heavy atom. The van der Waals surface area contributed by atoms with Crippen molar-refractivity contribution in [2.24, 2.45) is 22.9 Å². The summed E-state index contributed by atoms with van der Waals surface area (Å²) in [6.07, 6.45) is 5.54. The number of nitrogens with two attached hydrogens (primary N) is 4. The zero-order valence-electron chi connectivity index (χ0n) is 9.14. The minimum atomic E-state index is -0.333. The molecule has 6 nitrogen and oxygen atoms in total. The summed E-state index contributed by atoms with van der Waals surface area (Å²) in [6, 6.07) is 0. The van der Waals surface area contributed by atoms with Crippen molar-refractivity contribution >= 4 is 11.9 Å². The minimum Gasteiger partial charge on any atom is -0.370 e. The van der Waals surface area contributed by atoms with Gasteiger partial charge in [0.15, 0.2) is 11.9 Å². The number of rotatable bonds is 3. The van der Waals surface area contributed by atoms with E-state index < -0.39 is 0 Å². The van der Waals surface area contributed by atoms with Crippen LogP contribution in [0.15, 0.2) is 0 Å². The molecule has 0 heterocycles. The third-order valence-electron chi connectivity index (χ3n) is 0.957. The van der Waals surface area contributed by atoms with Gasteiger partial charge in [-0.25, -0.2) is 0 Å². The van der Waals surface area contributed by atoms with Gasteiger partial charge >= 0.3 is 0 Å². The van der Waals surface area contributed by atoms with E-state index in [0.717, 1.165) is 0 Å². The van der Waals surface area contributed by atoms with Crippen LogP contribution in [0.4, 0.5) is 0 Å². The van der Waals surface area contributed by atoms with E-state index in [1.54, 1.807) is 0 Å². The van der Waals surface area contributed by atoms with Crippen LogP contribution in [0, 0.1) is 10.8 Å². The Morgan fingerprint density at radius 3 is 1.00 bits per heavy atom. The fourth-order valence-electron chi connectivity index (χ4n) is 0.500. The van der Waals surface area contributed by atoms with Gasteiger partial charge < -0.3 is 22.9 Å². The normalized spacial score (nSPS) is 7.29. The van der Waals surface area contributed by atoms with Crippen molar-refractivity contribution in [3.8, 4) is 0 Å². The van der Waals surface area contributed by atoms with Crippen LogP contribution in [0.2, 0.25) is 0 Å². The van der Waals surface area contributed by atoms with E-state index in [1.165, 1.54) is 25.7 Å². The average molecular weight is 204 g/mol. The van der Waals surface area contributed by atoms with Crippen LogP contribution < -0.4 is 22.9 Å². The first-order chi connectivity index (χ1) is 6.38. The molecule has 0 atom stereocenters. The Labute approximate surface area is 86.0 Å². The number of guanidine groups is 2. The average Bonchev–Trinajstić information content (AvgIpc) is 1.98. The Balaban J connectivity index is -0.000000135. The predicted octanol–water partition coefficient (Wildman–Crippen LogP) is 0.264. The summed E-state index contributed by atoms with van der Waals surface area (Å²) < 4.78 is 0. The van der Waals surface area contributed by atoms with Crippen LogP contribution in [-0.2, 0) is 0 Å². The minimum absolute atomic E-state index is 0.333. The lowest BCUT2D eigenvalue weighted by molar-refractivity contribution is 0.702. The molecule has 6 heteroatoms. The summed E-state index contributed by atoms with van der Waals surface area (Å²) in [5.74, 6) is -0.667. The van der Waals surface area contributed by atoms with Crippen LogP contribution in [0.1, 0.15) is 39.5 Å². The van der Waals surface area contributed by atoms with Crippen LogP contribution in [0.3, 0.4) is 0 Å². The predicted molar refractivity (Wildman–Crippen MR) is 62.0 cm³/mol. The molecule has 0 aromatic carbocycles. The quantitative estimate of drug-likeness (QED) is 0.222. The molecule has 14 heavy (non-hydrogen) atoms. The second-order valence-corrected chi connectivity index (χ2v) is 2.62. The molecule has 0 radical (unpaired) electrons. The van der Waals surface area contributed by atoms with Gasteiger partial charge in [-0.1, -0.05) is 39.5 Å². The summed E-state index contributed by atoms with van der Waals surface area (Å²) in [4.78, 5) is 0. The first-order valence-corrected chi connectivity index (χ1v) is 4.57. The van der Waals surface area contributed by atoms with Gasteiger partial charge in [-0.15, -0.1) is 0 Å². The van der Waals surface area contributed by atoms with Gasteiger partial charge in [-0.05, 0) is 0 Å². The van der Waals surface area contributed by atoms with Crippen molar-refractivity contribution < 1.29 is 0 Å². The van der Waals surface area contributed by atoms with Crippen LogP contribution >= 0.6 is 0 Å². The summed E-state index contributed by atoms with van der Waals surface area (Å²) in [7, 11) is 0. The first kappa shape index (κ1) is 18.3. The number of unbranched alkanes of at least 4 members (excludes halogenated alkanes) is 3. The highest BCUT2D eigenvalue weighted by atomic mass is 14.9. The molecule has 0 amide bonds. The van der Waals surface area contributed by atoms with Crippen molar-refractivity contribution in [2.45, 2.75) is 39.5 Å². The smallest absolute Gasteiger partial charge is 0.183 e. The summed E-state index contributed by atoms with van der Waals surface area (Å²) in [5.41, 5.74) is 17.9. The van der Waals surface area contributed by atoms with Crippen LogP contribution in [-0.4, -0.2) is 11.9 Å². The molecule has 0 saturated carbocycles. The molecular formula is C8H24N6. The summed E-state index contributed by atoms with van der Waals surface area (Å²) in [6.45, 7) is 4.46. The van der Waals surface area contributed by atoms with Crippen molar-refractivity contribution in [3.05, 3.63) is 0 Å². The van der Waals surface area contributed by atoms with Gasteiger partial charge in [-0.2, -0.15) is 0 Å². The summed E-state index contributed by atoms with van der Waals surface area (Å²) in [5, 5.41) is 12.1. The molecule has 86 valence electrons. The molecular weight excluding hydrogens is 180 g/mol. The lowest BCUT2D eigenvalue weighted by Crippen LogP contribution is -2.20. The highest BCUT2D eigenvalue weighted by molar-refractivity contribution is 5.72. The van der Waals surface area contributed by atoms with E-state index in [9.17, 15) is 0 Å². The largest absolute Gasteiger partial charge is 0.370 e. The number of nitrogens with one attached hydrogen (secondary N) is 2. The van der Waals surface area contributed by atoms with Crippen molar-refractivity contribution in [1.82, 2.24) is 0 Å². The van der Waals surface area contributed by atoms with Gasteiger partial charge in [0.1, 0.15) is 0 Å². The van der Waals surface area contributed by atoms with Gasteiger partial charge in [0.05, 0.1) is 0 Å². The lowest BCUT2D eigenvalue weighted by atomic mass is 10.2. The Kier molecular flexibility index (Phi) is 23.0. The number of hydrogen-bond acceptors (Lipinski definition) is 2. The molecule has 0 aromatic heterocycles. The SMILES string of the molecule is CCCCCC.N=C(N)N.N=C(N)N. The Hall–Kier alpha value is -1.46. The maximum Gasteiger partial charge on any atom is 0.183 e. The molecule has 0 rings (SSSR count). The molecule has 0 spiro atoms. The molecule has 0 aliphatic heterocycles. The monoisotopic (exact) mass is 204 g/mol. The molecule has 0 aliphatic carbocycles. The maximum absolute atomic E-state index is 6.06. The van der Waals surface area contributed by atoms with Crippen LogP contribution in [0.25, 0.3) is 0 Å². The third kappa shape index (κ3) is 404. The van der Waals surface area contributed by atoms with E-state index in [-0.39, 0.29) is 11.9 Å². The van der Waals surface area contributed by atoms with E-state index in [1.807, 2.05) is 0 Å². The Morgan fingerprint density at radius 1 is 0.786 bits per heavy atom. The Bertz CT molecular complexity index is 110. The van der Waals surface area contributed by atoms with Gasteiger partial charge in [0.2, 0.25) is 0 Å². The van der Waals surface area contributed by atoms with Gasteiger partial charge in [-0.3, -0.25) is 10.8 Å². The standard InChI is InChI=1S/C6H14.2CH5N3/c1-3-5-6-4-2;2*2-1(3)4/h3-6H2,1-2H3;2*(H5,2,3,4). The van der Waals surface area contributed by atoms with Crippen LogP contribution in [0.5, 0.6) is 0 Å². The maximum atomic E-state index is 6.06. The highest BCUT2D eigenvalue weighted by Crippen LogP contribution is 1.95. The van der Waals surface area contributed by atoms with E-state index in [4.69, 9.17) is 10.8 Å². The molecule has 0 saturated heterocycles.